The SMILES string of the molecule is CCCCC(N)c1c(F)cccc1OC. The van der Waals surface area contributed by atoms with E-state index in [1.807, 2.05) is 0 Å². The fourth-order valence-corrected chi connectivity index (χ4v) is 1.62. The maximum atomic E-state index is 13.6. The fraction of sp³-hybridized carbons (Fsp3) is 0.500. The number of benzene rings is 1. The Morgan fingerprint density at radius 2 is 2.20 bits per heavy atom. The number of hydrogen-bond acceptors (Lipinski definition) is 2. The van der Waals surface area contributed by atoms with E-state index in [1.54, 1.807) is 12.1 Å². The first-order valence-electron chi connectivity index (χ1n) is 5.28. The van der Waals surface area contributed by atoms with E-state index in [0.717, 1.165) is 19.3 Å². The monoisotopic (exact) mass is 211 g/mol. The first-order chi connectivity index (χ1) is 7.20. The highest BCUT2D eigenvalue weighted by molar-refractivity contribution is 5.36. The van der Waals surface area contributed by atoms with Crippen molar-refractivity contribution in [1.29, 1.82) is 0 Å². The number of hydrogen-bond donors (Lipinski definition) is 1. The molecule has 2 N–H and O–H groups in total. The lowest BCUT2D eigenvalue weighted by Crippen LogP contribution is -2.13. The quantitative estimate of drug-likeness (QED) is 0.812. The summed E-state index contributed by atoms with van der Waals surface area (Å²) in [6.45, 7) is 2.09. The lowest BCUT2D eigenvalue weighted by Gasteiger charge is -2.15. The maximum Gasteiger partial charge on any atom is 0.131 e. The fourth-order valence-electron chi connectivity index (χ4n) is 1.62. The molecule has 0 aliphatic rings. The van der Waals surface area contributed by atoms with Crippen LogP contribution in [0, 0.1) is 5.82 Å². The largest absolute Gasteiger partial charge is 0.496 e. The highest BCUT2D eigenvalue weighted by atomic mass is 19.1. The number of unbranched alkanes of at least 4 members (excludes halogenated alkanes) is 1. The van der Waals surface area contributed by atoms with Crippen LogP contribution in [0.15, 0.2) is 18.2 Å². The predicted molar refractivity (Wildman–Crippen MR) is 59.4 cm³/mol. The van der Waals surface area contributed by atoms with Gasteiger partial charge in [-0.1, -0.05) is 25.8 Å². The summed E-state index contributed by atoms with van der Waals surface area (Å²) >= 11 is 0. The Morgan fingerprint density at radius 1 is 1.47 bits per heavy atom. The Balaban J connectivity index is 2.90. The van der Waals surface area contributed by atoms with E-state index in [1.165, 1.54) is 13.2 Å². The third-order valence-corrected chi connectivity index (χ3v) is 2.47. The van der Waals surface area contributed by atoms with Crippen molar-refractivity contribution in [2.75, 3.05) is 7.11 Å². The van der Waals surface area contributed by atoms with E-state index in [0.29, 0.717) is 11.3 Å². The van der Waals surface area contributed by atoms with Gasteiger partial charge in [-0.05, 0) is 18.6 Å². The Kier molecular flexibility index (Phi) is 4.56. The molecule has 1 rings (SSSR count). The molecule has 1 unspecified atom stereocenters. The van der Waals surface area contributed by atoms with Gasteiger partial charge >= 0.3 is 0 Å². The molecule has 0 aliphatic heterocycles. The van der Waals surface area contributed by atoms with Crippen molar-refractivity contribution in [3.63, 3.8) is 0 Å². The van der Waals surface area contributed by atoms with E-state index in [2.05, 4.69) is 6.92 Å². The molecular weight excluding hydrogens is 193 g/mol. The minimum absolute atomic E-state index is 0.277. The standard InChI is InChI=1S/C12H18FNO/c1-3-4-7-10(14)12-9(13)6-5-8-11(12)15-2/h5-6,8,10H,3-4,7,14H2,1-2H3. The molecule has 1 aromatic rings. The van der Waals surface area contributed by atoms with Crippen LogP contribution >= 0.6 is 0 Å². The molecule has 0 amide bonds. The Bertz CT molecular complexity index is 314. The molecule has 0 fully saturated rings. The summed E-state index contributed by atoms with van der Waals surface area (Å²) in [5.74, 6) is 0.261. The molecule has 0 saturated carbocycles. The molecule has 2 nitrogen and oxygen atoms in total. The zero-order chi connectivity index (χ0) is 11.3. The van der Waals surface area contributed by atoms with Crippen LogP contribution in [-0.4, -0.2) is 7.11 Å². The lowest BCUT2D eigenvalue weighted by molar-refractivity contribution is 0.396. The molecule has 1 atom stereocenters. The van der Waals surface area contributed by atoms with E-state index in [4.69, 9.17) is 10.5 Å². The third kappa shape index (κ3) is 2.93. The summed E-state index contributed by atoms with van der Waals surface area (Å²) in [4.78, 5) is 0. The minimum atomic E-state index is -0.280. The summed E-state index contributed by atoms with van der Waals surface area (Å²) < 4.78 is 18.7. The molecule has 0 radical (unpaired) electrons. The molecule has 0 aromatic heterocycles. The second-order valence-electron chi connectivity index (χ2n) is 3.60. The van der Waals surface area contributed by atoms with Gasteiger partial charge in [0.15, 0.2) is 0 Å². The van der Waals surface area contributed by atoms with Crippen molar-refractivity contribution >= 4 is 0 Å². The van der Waals surface area contributed by atoms with Crippen molar-refractivity contribution in [3.8, 4) is 5.75 Å². The summed E-state index contributed by atoms with van der Waals surface area (Å²) in [6, 6.07) is 4.51. The third-order valence-electron chi connectivity index (χ3n) is 2.47. The number of methoxy groups -OCH3 is 1. The second-order valence-corrected chi connectivity index (χ2v) is 3.60. The van der Waals surface area contributed by atoms with Crippen molar-refractivity contribution in [2.24, 2.45) is 5.73 Å². The molecule has 3 heteroatoms. The summed E-state index contributed by atoms with van der Waals surface area (Å²) in [7, 11) is 1.53. The molecular formula is C12H18FNO. The van der Waals surface area contributed by atoms with E-state index >= 15 is 0 Å². The molecule has 0 bridgehead atoms. The van der Waals surface area contributed by atoms with Crippen LogP contribution in [0.3, 0.4) is 0 Å². The van der Waals surface area contributed by atoms with Gasteiger partial charge in [0.25, 0.3) is 0 Å². The highest BCUT2D eigenvalue weighted by Crippen LogP contribution is 2.29. The van der Waals surface area contributed by atoms with Gasteiger partial charge in [0.2, 0.25) is 0 Å². The average Bonchev–Trinajstić information content (AvgIpc) is 2.25. The Hall–Kier alpha value is -1.09. The van der Waals surface area contributed by atoms with Crippen LogP contribution in [0.1, 0.15) is 37.8 Å². The van der Waals surface area contributed by atoms with Gasteiger partial charge in [0.05, 0.1) is 7.11 Å². The van der Waals surface area contributed by atoms with Gasteiger partial charge < -0.3 is 10.5 Å². The molecule has 15 heavy (non-hydrogen) atoms. The maximum absolute atomic E-state index is 13.6. The topological polar surface area (TPSA) is 35.2 Å². The van der Waals surface area contributed by atoms with Gasteiger partial charge in [0, 0.05) is 11.6 Å². The molecule has 1 aromatic carbocycles. The van der Waals surface area contributed by atoms with Crippen LogP contribution in [0.2, 0.25) is 0 Å². The van der Waals surface area contributed by atoms with Crippen LogP contribution in [0.5, 0.6) is 5.75 Å². The molecule has 0 aliphatic carbocycles. The number of rotatable bonds is 5. The van der Waals surface area contributed by atoms with Gasteiger partial charge in [-0.15, -0.1) is 0 Å². The first-order valence-corrected chi connectivity index (χ1v) is 5.28. The highest BCUT2D eigenvalue weighted by Gasteiger charge is 2.15. The average molecular weight is 211 g/mol. The normalized spacial score (nSPS) is 12.5. The van der Waals surface area contributed by atoms with E-state index in [9.17, 15) is 4.39 Å². The van der Waals surface area contributed by atoms with Crippen LogP contribution < -0.4 is 10.5 Å². The Labute approximate surface area is 90.2 Å². The first kappa shape index (κ1) is 12.0. The van der Waals surface area contributed by atoms with Gasteiger partial charge in [0.1, 0.15) is 11.6 Å². The number of halogens is 1. The van der Waals surface area contributed by atoms with Crippen LogP contribution in [-0.2, 0) is 0 Å². The van der Waals surface area contributed by atoms with E-state index in [-0.39, 0.29) is 11.9 Å². The van der Waals surface area contributed by atoms with Crippen molar-refractivity contribution < 1.29 is 9.13 Å². The van der Waals surface area contributed by atoms with E-state index < -0.39 is 0 Å². The summed E-state index contributed by atoms with van der Waals surface area (Å²) in [5.41, 5.74) is 6.43. The number of ether oxygens (including phenoxy) is 1. The smallest absolute Gasteiger partial charge is 0.131 e. The molecule has 0 spiro atoms. The van der Waals surface area contributed by atoms with Crippen LogP contribution in [0.25, 0.3) is 0 Å². The van der Waals surface area contributed by atoms with Gasteiger partial charge in [-0.3, -0.25) is 0 Å². The summed E-state index contributed by atoms with van der Waals surface area (Å²) in [6.07, 6.45) is 2.84. The van der Waals surface area contributed by atoms with Gasteiger partial charge in [-0.2, -0.15) is 0 Å². The van der Waals surface area contributed by atoms with Crippen molar-refractivity contribution in [1.82, 2.24) is 0 Å². The van der Waals surface area contributed by atoms with Crippen LogP contribution in [0.4, 0.5) is 4.39 Å². The molecule has 0 heterocycles. The second kappa shape index (κ2) is 5.71. The number of nitrogens with two attached hydrogens (primary N) is 1. The zero-order valence-electron chi connectivity index (χ0n) is 9.29. The molecule has 0 saturated heterocycles. The predicted octanol–water partition coefficient (Wildman–Crippen LogP) is 3.02. The van der Waals surface area contributed by atoms with Crippen molar-refractivity contribution in [2.45, 2.75) is 32.2 Å². The minimum Gasteiger partial charge on any atom is -0.496 e. The lowest BCUT2D eigenvalue weighted by atomic mass is 10.0. The van der Waals surface area contributed by atoms with Crippen molar-refractivity contribution in [3.05, 3.63) is 29.6 Å². The Morgan fingerprint density at radius 3 is 2.80 bits per heavy atom. The zero-order valence-corrected chi connectivity index (χ0v) is 9.29. The molecule has 84 valence electrons. The van der Waals surface area contributed by atoms with Gasteiger partial charge in [-0.25, -0.2) is 4.39 Å². The summed E-state index contributed by atoms with van der Waals surface area (Å²) in [5, 5.41) is 0.